The van der Waals surface area contributed by atoms with Gasteiger partial charge in [-0.25, -0.2) is 4.79 Å². The Balaban J connectivity index is 0.00000364. The molecule has 1 atom stereocenters. The predicted octanol–water partition coefficient (Wildman–Crippen LogP) is 5.11. The van der Waals surface area contributed by atoms with Crippen molar-refractivity contribution in [1.29, 1.82) is 0 Å². The molecular formula is C20H27Cl2N3O2. The summed E-state index contributed by atoms with van der Waals surface area (Å²) < 4.78 is 5.31. The van der Waals surface area contributed by atoms with Crippen LogP contribution in [-0.4, -0.2) is 34.6 Å². The lowest BCUT2D eigenvalue weighted by Crippen LogP contribution is -2.45. The van der Waals surface area contributed by atoms with Crippen molar-refractivity contribution < 1.29 is 9.53 Å². The van der Waals surface area contributed by atoms with E-state index < -0.39 is 6.09 Å². The Hall–Kier alpha value is -1.82. The highest BCUT2D eigenvalue weighted by atomic mass is 35.5. The fourth-order valence-corrected chi connectivity index (χ4v) is 3.19. The Morgan fingerprint density at radius 2 is 1.74 bits per heavy atom. The molecule has 0 radical (unpaired) electrons. The van der Waals surface area contributed by atoms with Crippen molar-refractivity contribution in [2.45, 2.75) is 45.8 Å². The fourth-order valence-electron chi connectivity index (χ4n) is 3.07. The first-order chi connectivity index (χ1) is 12.4. The van der Waals surface area contributed by atoms with E-state index in [2.05, 4.69) is 42.9 Å². The third kappa shape index (κ3) is 7.01. The molecule has 1 N–H and O–H groups in total. The fraction of sp³-hybridized carbons (Fsp3) is 0.400. The molecule has 0 fully saturated rings. The average Bonchev–Trinajstić information content (AvgIpc) is 2.59. The van der Waals surface area contributed by atoms with E-state index in [9.17, 15) is 4.79 Å². The smallest absolute Gasteiger partial charge is 0.410 e. The molecule has 1 aromatic carbocycles. The zero-order chi connectivity index (χ0) is 19.1. The van der Waals surface area contributed by atoms with E-state index in [0.717, 1.165) is 5.69 Å². The van der Waals surface area contributed by atoms with E-state index >= 15 is 0 Å². The molecule has 148 valence electrons. The lowest BCUT2D eigenvalue weighted by atomic mass is 10.1. The Morgan fingerprint density at radius 3 is 2.26 bits per heavy atom. The van der Waals surface area contributed by atoms with Crippen LogP contribution in [0.25, 0.3) is 0 Å². The number of halogens is 2. The van der Waals surface area contributed by atoms with Crippen LogP contribution in [0.3, 0.4) is 0 Å². The van der Waals surface area contributed by atoms with Gasteiger partial charge in [-0.1, -0.05) is 29.8 Å². The standard InChI is InChI=1S/C20H26ClN3O2.ClH/c1-14(2)24(15(3)4)19(18-11-10-16(21)12-22-18)13-23-20(25)26-17-8-6-5-7-9-17;/h5-12,14-15,19H,13H2,1-4H3,(H,23,25);1H. The normalized spacial score (nSPS) is 12.0. The van der Waals surface area contributed by atoms with Gasteiger partial charge in [0, 0.05) is 24.8 Å². The zero-order valence-corrected chi connectivity index (χ0v) is 17.6. The number of carbonyl (C=O) groups excluding carboxylic acids is 1. The monoisotopic (exact) mass is 411 g/mol. The van der Waals surface area contributed by atoms with Gasteiger partial charge in [-0.15, -0.1) is 12.4 Å². The van der Waals surface area contributed by atoms with Gasteiger partial charge >= 0.3 is 6.09 Å². The summed E-state index contributed by atoms with van der Waals surface area (Å²) in [6.45, 7) is 8.91. The van der Waals surface area contributed by atoms with Crippen molar-refractivity contribution in [3.05, 3.63) is 59.4 Å². The van der Waals surface area contributed by atoms with Crippen LogP contribution in [0, 0.1) is 0 Å². The molecule has 1 amide bonds. The van der Waals surface area contributed by atoms with Crippen LogP contribution in [0.2, 0.25) is 5.02 Å². The maximum Gasteiger partial charge on any atom is 0.412 e. The molecule has 27 heavy (non-hydrogen) atoms. The molecule has 0 aliphatic carbocycles. The zero-order valence-electron chi connectivity index (χ0n) is 16.1. The lowest BCUT2D eigenvalue weighted by molar-refractivity contribution is 0.107. The van der Waals surface area contributed by atoms with Gasteiger partial charge in [0.2, 0.25) is 0 Å². The molecule has 1 aromatic heterocycles. The first kappa shape index (κ1) is 23.2. The molecule has 1 heterocycles. The summed E-state index contributed by atoms with van der Waals surface area (Å²) in [5, 5.41) is 3.45. The van der Waals surface area contributed by atoms with Crippen LogP contribution < -0.4 is 10.1 Å². The van der Waals surface area contributed by atoms with Gasteiger partial charge in [-0.05, 0) is 52.0 Å². The minimum Gasteiger partial charge on any atom is -0.410 e. The maximum atomic E-state index is 12.2. The number of aromatic nitrogens is 1. The Bertz CT molecular complexity index is 686. The Morgan fingerprint density at radius 1 is 1.11 bits per heavy atom. The summed E-state index contributed by atoms with van der Waals surface area (Å²) >= 11 is 5.97. The highest BCUT2D eigenvalue weighted by molar-refractivity contribution is 6.30. The number of hydrogen-bond donors (Lipinski definition) is 1. The van der Waals surface area contributed by atoms with Crippen LogP contribution >= 0.6 is 24.0 Å². The summed E-state index contributed by atoms with van der Waals surface area (Å²) in [6, 6.07) is 13.2. The molecule has 0 bridgehead atoms. The van der Waals surface area contributed by atoms with E-state index in [1.54, 1.807) is 18.3 Å². The van der Waals surface area contributed by atoms with Crippen molar-refractivity contribution in [1.82, 2.24) is 15.2 Å². The van der Waals surface area contributed by atoms with E-state index in [0.29, 0.717) is 17.3 Å². The van der Waals surface area contributed by atoms with Crippen LogP contribution in [0.1, 0.15) is 39.4 Å². The first-order valence-corrected chi connectivity index (χ1v) is 9.16. The average molecular weight is 412 g/mol. The van der Waals surface area contributed by atoms with Gasteiger partial charge < -0.3 is 10.1 Å². The first-order valence-electron chi connectivity index (χ1n) is 8.78. The van der Waals surface area contributed by atoms with Crippen molar-refractivity contribution in [3.63, 3.8) is 0 Å². The van der Waals surface area contributed by atoms with Crippen molar-refractivity contribution in [3.8, 4) is 5.75 Å². The molecule has 0 aliphatic heterocycles. The lowest BCUT2D eigenvalue weighted by Gasteiger charge is -2.37. The number of nitrogens with one attached hydrogen (secondary N) is 1. The molecule has 0 saturated heterocycles. The van der Waals surface area contributed by atoms with Gasteiger partial charge in [0.05, 0.1) is 16.8 Å². The molecule has 5 nitrogen and oxygen atoms in total. The molecule has 0 aliphatic rings. The van der Waals surface area contributed by atoms with Gasteiger partial charge in [0.1, 0.15) is 5.75 Å². The number of ether oxygens (including phenoxy) is 1. The van der Waals surface area contributed by atoms with E-state index in [1.165, 1.54) is 0 Å². The molecule has 7 heteroatoms. The summed E-state index contributed by atoms with van der Waals surface area (Å²) in [6.07, 6.45) is 1.15. The Labute approximate surface area is 172 Å². The Kier molecular flexibility index (Phi) is 9.56. The third-order valence-electron chi connectivity index (χ3n) is 4.04. The van der Waals surface area contributed by atoms with Crippen LogP contribution in [-0.2, 0) is 0 Å². The highest BCUT2D eigenvalue weighted by Crippen LogP contribution is 2.24. The number of rotatable bonds is 7. The van der Waals surface area contributed by atoms with Crippen molar-refractivity contribution >= 4 is 30.1 Å². The quantitative estimate of drug-likeness (QED) is 0.687. The molecule has 2 aromatic rings. The van der Waals surface area contributed by atoms with Crippen LogP contribution in [0.15, 0.2) is 48.7 Å². The molecular weight excluding hydrogens is 385 g/mol. The number of hydrogen-bond acceptors (Lipinski definition) is 4. The minimum absolute atomic E-state index is 0. The number of nitrogens with zero attached hydrogens (tertiary/aromatic N) is 2. The van der Waals surface area contributed by atoms with Crippen molar-refractivity contribution in [2.24, 2.45) is 0 Å². The SMILES string of the molecule is CC(C)N(C(C)C)C(CNC(=O)Oc1ccccc1)c1ccc(Cl)cn1.Cl. The summed E-state index contributed by atoms with van der Waals surface area (Å²) in [4.78, 5) is 18.9. The second kappa shape index (κ2) is 11.1. The molecule has 0 saturated carbocycles. The molecule has 1 unspecified atom stereocenters. The largest absolute Gasteiger partial charge is 0.412 e. The number of benzene rings is 1. The number of amides is 1. The van der Waals surface area contributed by atoms with Crippen molar-refractivity contribution in [2.75, 3.05) is 6.54 Å². The van der Waals surface area contributed by atoms with Gasteiger partial charge in [0.25, 0.3) is 0 Å². The third-order valence-corrected chi connectivity index (χ3v) is 4.26. The highest BCUT2D eigenvalue weighted by Gasteiger charge is 2.27. The predicted molar refractivity (Wildman–Crippen MR) is 112 cm³/mol. The second-order valence-corrected chi connectivity index (χ2v) is 7.07. The summed E-state index contributed by atoms with van der Waals surface area (Å²) in [5.74, 6) is 0.510. The number of carbonyl (C=O) groups is 1. The van der Waals surface area contributed by atoms with E-state index in [1.807, 2.05) is 30.3 Å². The molecule has 2 rings (SSSR count). The van der Waals surface area contributed by atoms with Gasteiger partial charge in [0.15, 0.2) is 0 Å². The van der Waals surface area contributed by atoms with Gasteiger partial charge in [-0.3, -0.25) is 9.88 Å². The van der Waals surface area contributed by atoms with Gasteiger partial charge in [-0.2, -0.15) is 0 Å². The van der Waals surface area contributed by atoms with E-state index in [4.69, 9.17) is 16.3 Å². The van der Waals surface area contributed by atoms with Crippen LogP contribution in [0.5, 0.6) is 5.75 Å². The minimum atomic E-state index is -0.484. The summed E-state index contributed by atoms with van der Waals surface area (Å²) in [5.41, 5.74) is 0.858. The topological polar surface area (TPSA) is 54.5 Å². The van der Waals surface area contributed by atoms with E-state index in [-0.39, 0.29) is 30.5 Å². The number of pyridine rings is 1. The second-order valence-electron chi connectivity index (χ2n) is 6.64. The maximum absolute atomic E-state index is 12.2. The number of para-hydroxylation sites is 1. The van der Waals surface area contributed by atoms with Crippen LogP contribution in [0.4, 0.5) is 4.79 Å². The summed E-state index contributed by atoms with van der Waals surface area (Å²) in [7, 11) is 0. The molecule has 0 spiro atoms.